The van der Waals surface area contributed by atoms with Gasteiger partial charge in [-0.3, -0.25) is 0 Å². The molecule has 0 amide bonds. The van der Waals surface area contributed by atoms with E-state index in [9.17, 15) is 9.90 Å². The predicted octanol–water partition coefficient (Wildman–Crippen LogP) is 3.26. The number of esters is 1. The van der Waals surface area contributed by atoms with E-state index in [1.165, 1.54) is 5.57 Å². The average Bonchev–Trinajstić information content (AvgIpc) is 3.17. The van der Waals surface area contributed by atoms with Crippen LogP contribution in [0.5, 0.6) is 0 Å². The number of ether oxygens (including phenoxy) is 1. The van der Waals surface area contributed by atoms with Crippen molar-refractivity contribution in [2.45, 2.75) is 44.6 Å². The summed E-state index contributed by atoms with van der Waals surface area (Å²) in [5, 5.41) is 11.4. The summed E-state index contributed by atoms with van der Waals surface area (Å²) >= 11 is 0. The molecule has 4 heteroatoms. The van der Waals surface area contributed by atoms with Gasteiger partial charge in [0.2, 0.25) is 0 Å². The van der Waals surface area contributed by atoms with Crippen molar-refractivity contribution in [3.05, 3.63) is 47.0 Å². The maximum atomic E-state index is 13.0. The Labute approximate surface area is 150 Å². The minimum absolute atomic E-state index is 0.0634. The molecule has 1 aromatic rings. The highest BCUT2D eigenvalue weighted by molar-refractivity contribution is 5.81. The van der Waals surface area contributed by atoms with Crippen molar-refractivity contribution in [1.29, 1.82) is 0 Å². The van der Waals surface area contributed by atoms with E-state index in [2.05, 4.69) is 18.9 Å². The number of hydrogen-bond donors (Lipinski definition) is 1. The molecular weight excluding hydrogens is 314 g/mol. The summed E-state index contributed by atoms with van der Waals surface area (Å²) in [7, 11) is 2.08. The fraction of sp³-hybridized carbons (Fsp3) is 0.571. The lowest BCUT2D eigenvalue weighted by molar-refractivity contribution is -0.172. The van der Waals surface area contributed by atoms with Crippen molar-refractivity contribution in [1.82, 2.24) is 4.90 Å². The monoisotopic (exact) mass is 343 g/mol. The molecule has 1 saturated carbocycles. The van der Waals surface area contributed by atoms with E-state index < -0.39 is 11.6 Å². The van der Waals surface area contributed by atoms with Gasteiger partial charge in [0.15, 0.2) is 5.60 Å². The summed E-state index contributed by atoms with van der Waals surface area (Å²) in [6, 6.07) is 9.30. The summed E-state index contributed by atoms with van der Waals surface area (Å²) in [5.74, 6) is -0.564. The Kier molecular flexibility index (Phi) is 5.60. The van der Waals surface area contributed by atoms with Gasteiger partial charge in [0, 0.05) is 19.0 Å². The Morgan fingerprint density at radius 3 is 2.64 bits per heavy atom. The first-order valence-electron chi connectivity index (χ1n) is 9.33. The maximum Gasteiger partial charge on any atom is 0.343 e. The highest BCUT2D eigenvalue weighted by Crippen LogP contribution is 2.41. The van der Waals surface area contributed by atoms with Crippen molar-refractivity contribution < 1.29 is 14.6 Å². The zero-order chi connectivity index (χ0) is 17.9. The van der Waals surface area contributed by atoms with E-state index in [1.54, 1.807) is 0 Å². The maximum absolute atomic E-state index is 13.0. The second-order valence-electron chi connectivity index (χ2n) is 7.56. The number of carbonyl (C=O) groups is 1. The SMILES string of the molecule is CC1=C(COC(=O)C(O)(c2ccccc2)C2CCCC2)CN(C)CC1. The summed E-state index contributed by atoms with van der Waals surface area (Å²) in [4.78, 5) is 15.2. The van der Waals surface area contributed by atoms with Crippen LogP contribution >= 0.6 is 0 Å². The third-order valence-electron chi connectivity index (χ3n) is 5.78. The Balaban J connectivity index is 1.78. The van der Waals surface area contributed by atoms with Crippen molar-refractivity contribution >= 4 is 5.97 Å². The molecule has 0 radical (unpaired) electrons. The molecule has 0 saturated heterocycles. The molecule has 1 heterocycles. The normalized spacial score (nSPS) is 22.0. The molecule has 1 N–H and O–H groups in total. The second kappa shape index (κ2) is 7.71. The first-order valence-corrected chi connectivity index (χ1v) is 9.33. The molecule has 1 unspecified atom stereocenters. The lowest BCUT2D eigenvalue weighted by atomic mass is 9.80. The number of likely N-dealkylation sites (N-methyl/N-ethyl adjacent to an activating group) is 1. The Hall–Kier alpha value is -1.65. The Bertz CT molecular complexity index is 634. The third-order valence-corrected chi connectivity index (χ3v) is 5.78. The summed E-state index contributed by atoms with van der Waals surface area (Å²) in [5.41, 5.74) is 1.57. The van der Waals surface area contributed by atoms with Gasteiger partial charge in [0.1, 0.15) is 6.61 Å². The first-order chi connectivity index (χ1) is 12.0. The second-order valence-corrected chi connectivity index (χ2v) is 7.56. The number of hydrogen-bond acceptors (Lipinski definition) is 4. The van der Waals surface area contributed by atoms with Crippen LogP contribution in [0.15, 0.2) is 41.5 Å². The van der Waals surface area contributed by atoms with Crippen LogP contribution < -0.4 is 0 Å². The van der Waals surface area contributed by atoms with Gasteiger partial charge in [-0.15, -0.1) is 0 Å². The van der Waals surface area contributed by atoms with E-state index in [0.29, 0.717) is 5.56 Å². The molecule has 0 bridgehead atoms. The van der Waals surface area contributed by atoms with E-state index >= 15 is 0 Å². The fourth-order valence-electron chi connectivity index (χ4n) is 4.06. The van der Waals surface area contributed by atoms with Gasteiger partial charge in [0.25, 0.3) is 0 Å². The molecule has 1 aliphatic heterocycles. The lowest BCUT2D eigenvalue weighted by Gasteiger charge is -2.33. The summed E-state index contributed by atoms with van der Waals surface area (Å²) in [6.45, 7) is 4.25. The molecule has 4 nitrogen and oxygen atoms in total. The molecule has 25 heavy (non-hydrogen) atoms. The Morgan fingerprint density at radius 2 is 1.96 bits per heavy atom. The van der Waals surface area contributed by atoms with Crippen LogP contribution in [0.25, 0.3) is 0 Å². The van der Waals surface area contributed by atoms with Gasteiger partial charge in [-0.05, 0) is 44.4 Å². The van der Waals surface area contributed by atoms with Gasteiger partial charge in [-0.25, -0.2) is 4.79 Å². The molecular formula is C21H29NO3. The third kappa shape index (κ3) is 3.80. The zero-order valence-corrected chi connectivity index (χ0v) is 15.3. The predicted molar refractivity (Wildman–Crippen MR) is 98.1 cm³/mol. The standard InChI is InChI=1S/C21H29NO3/c1-16-12-13-22(2)14-17(16)15-25-20(23)21(24,19-10-6-7-11-19)18-8-4-3-5-9-18/h3-5,8-9,19,24H,6-7,10-15H2,1-2H3. The summed E-state index contributed by atoms with van der Waals surface area (Å²) in [6.07, 6.45) is 4.86. The number of nitrogens with zero attached hydrogens (tertiary/aromatic N) is 1. The smallest absolute Gasteiger partial charge is 0.343 e. The molecule has 136 valence electrons. The molecule has 2 aliphatic rings. The quantitative estimate of drug-likeness (QED) is 0.658. The molecule has 0 spiro atoms. The van der Waals surface area contributed by atoms with Crippen molar-refractivity contribution in [3.8, 4) is 0 Å². The fourth-order valence-corrected chi connectivity index (χ4v) is 4.06. The van der Waals surface area contributed by atoms with E-state index in [0.717, 1.165) is 50.8 Å². The minimum Gasteiger partial charge on any atom is -0.459 e. The first kappa shape index (κ1) is 18.2. The number of carbonyl (C=O) groups excluding carboxylic acids is 1. The van der Waals surface area contributed by atoms with Crippen LogP contribution in [0.2, 0.25) is 0 Å². The van der Waals surface area contributed by atoms with Gasteiger partial charge >= 0.3 is 5.97 Å². The van der Waals surface area contributed by atoms with Crippen LogP contribution in [0, 0.1) is 5.92 Å². The van der Waals surface area contributed by atoms with Gasteiger partial charge in [-0.1, -0.05) is 48.7 Å². The average molecular weight is 343 g/mol. The minimum atomic E-state index is -1.53. The molecule has 1 atom stereocenters. The zero-order valence-electron chi connectivity index (χ0n) is 15.3. The molecule has 3 rings (SSSR count). The van der Waals surface area contributed by atoms with Crippen molar-refractivity contribution in [3.63, 3.8) is 0 Å². The van der Waals surface area contributed by atoms with Gasteiger partial charge in [0.05, 0.1) is 0 Å². The van der Waals surface area contributed by atoms with Crippen LogP contribution in [0.3, 0.4) is 0 Å². The highest BCUT2D eigenvalue weighted by Gasteiger charge is 2.47. The number of benzene rings is 1. The van der Waals surface area contributed by atoms with E-state index in [1.807, 2.05) is 30.3 Å². The molecule has 1 aliphatic carbocycles. The topological polar surface area (TPSA) is 49.8 Å². The van der Waals surface area contributed by atoms with Gasteiger partial charge < -0.3 is 14.7 Å². The highest BCUT2D eigenvalue weighted by atomic mass is 16.5. The molecule has 1 aromatic carbocycles. The van der Waals surface area contributed by atoms with Crippen molar-refractivity contribution in [2.24, 2.45) is 5.92 Å². The van der Waals surface area contributed by atoms with Gasteiger partial charge in [-0.2, -0.15) is 0 Å². The Morgan fingerprint density at radius 1 is 1.28 bits per heavy atom. The lowest BCUT2D eigenvalue weighted by Crippen LogP contribution is -2.44. The van der Waals surface area contributed by atoms with E-state index in [4.69, 9.17) is 4.74 Å². The van der Waals surface area contributed by atoms with Crippen LogP contribution in [0.1, 0.15) is 44.6 Å². The summed E-state index contributed by atoms with van der Waals surface area (Å²) < 4.78 is 5.66. The van der Waals surface area contributed by atoms with Crippen molar-refractivity contribution in [2.75, 3.05) is 26.7 Å². The molecule has 1 fully saturated rings. The number of aliphatic hydroxyl groups is 1. The van der Waals surface area contributed by atoms with E-state index in [-0.39, 0.29) is 12.5 Å². The van der Waals surface area contributed by atoms with Crippen LogP contribution in [0.4, 0.5) is 0 Å². The molecule has 0 aromatic heterocycles. The number of rotatable bonds is 5. The van der Waals surface area contributed by atoms with Crippen LogP contribution in [-0.2, 0) is 15.1 Å². The largest absolute Gasteiger partial charge is 0.459 e. The van der Waals surface area contributed by atoms with Crippen LogP contribution in [-0.4, -0.2) is 42.7 Å².